The third-order valence-electron chi connectivity index (χ3n) is 5.26. The first-order valence-electron chi connectivity index (χ1n) is 9.47. The number of hydrogen-bond acceptors (Lipinski definition) is 4. The number of nitrogens with zero attached hydrogens (tertiary/aromatic N) is 2. The third kappa shape index (κ3) is 4.21. The Bertz CT molecular complexity index is 1010. The fraction of sp³-hybridized carbons (Fsp3) is 0.318. The lowest BCUT2D eigenvalue weighted by Crippen LogP contribution is -2.31. The molecule has 0 spiro atoms. The minimum atomic E-state index is -0.391. The van der Waals surface area contributed by atoms with Crippen molar-refractivity contribution in [3.8, 4) is 0 Å². The molecule has 158 valence electrons. The molecule has 1 heterocycles. The number of imide groups is 1. The Balaban J connectivity index is 1.82. The molecule has 0 aromatic heterocycles. The minimum Gasteiger partial charge on any atom is -0.385 e. The molecular weight excluding hydrogens is 427 g/mol. The number of ether oxygens (including phenoxy) is 1. The third-order valence-corrected chi connectivity index (χ3v) is 5.82. The second kappa shape index (κ2) is 9.16. The van der Waals surface area contributed by atoms with Crippen LogP contribution in [0, 0.1) is 0 Å². The molecule has 0 bridgehead atoms. The molecule has 3 amide bonds. The van der Waals surface area contributed by atoms with Gasteiger partial charge < -0.3 is 9.64 Å². The summed E-state index contributed by atoms with van der Waals surface area (Å²) in [6.07, 6.45) is 0.551. The number of benzene rings is 2. The van der Waals surface area contributed by atoms with Gasteiger partial charge in [0.05, 0.1) is 17.2 Å². The summed E-state index contributed by atoms with van der Waals surface area (Å²) in [5.74, 6) is -1.02. The Morgan fingerprint density at radius 3 is 2.47 bits per heavy atom. The Morgan fingerprint density at radius 2 is 1.80 bits per heavy atom. The van der Waals surface area contributed by atoms with Crippen LogP contribution < -0.4 is 0 Å². The average molecular weight is 449 g/mol. The van der Waals surface area contributed by atoms with E-state index in [-0.39, 0.29) is 30.0 Å². The van der Waals surface area contributed by atoms with E-state index in [9.17, 15) is 14.4 Å². The molecule has 3 rings (SSSR count). The molecule has 0 aliphatic carbocycles. The number of amides is 3. The molecule has 0 radical (unpaired) electrons. The molecule has 0 saturated carbocycles. The van der Waals surface area contributed by atoms with Crippen molar-refractivity contribution in [2.45, 2.75) is 19.4 Å². The SMILES string of the molecule is COCCCN1C(=O)c2ccc(C(=O)N(C)C(C)c3ccc(Cl)cc3Cl)cc2C1=O. The Morgan fingerprint density at radius 1 is 1.10 bits per heavy atom. The maximum atomic E-state index is 13.0. The van der Waals surface area contributed by atoms with Gasteiger partial charge in [-0.25, -0.2) is 0 Å². The highest BCUT2D eigenvalue weighted by Crippen LogP contribution is 2.31. The molecule has 6 nitrogen and oxygen atoms in total. The van der Waals surface area contributed by atoms with Crippen molar-refractivity contribution in [3.05, 3.63) is 68.7 Å². The van der Waals surface area contributed by atoms with E-state index in [1.54, 1.807) is 38.4 Å². The van der Waals surface area contributed by atoms with Crippen molar-refractivity contribution in [2.75, 3.05) is 27.3 Å². The van der Waals surface area contributed by atoms with Crippen LogP contribution in [0.5, 0.6) is 0 Å². The molecule has 1 unspecified atom stereocenters. The van der Waals surface area contributed by atoms with Gasteiger partial charge in [0, 0.05) is 42.9 Å². The number of hydrogen-bond donors (Lipinski definition) is 0. The van der Waals surface area contributed by atoms with Crippen LogP contribution in [-0.4, -0.2) is 54.8 Å². The van der Waals surface area contributed by atoms with Crippen molar-refractivity contribution in [1.29, 1.82) is 0 Å². The number of carbonyl (C=O) groups is 3. The maximum Gasteiger partial charge on any atom is 0.261 e. The highest BCUT2D eigenvalue weighted by Gasteiger charge is 2.36. The van der Waals surface area contributed by atoms with Gasteiger partial charge in [-0.05, 0) is 49.2 Å². The monoisotopic (exact) mass is 448 g/mol. The molecule has 0 N–H and O–H groups in total. The fourth-order valence-corrected chi connectivity index (χ4v) is 3.99. The number of halogens is 2. The first-order valence-corrected chi connectivity index (χ1v) is 10.2. The average Bonchev–Trinajstić information content (AvgIpc) is 2.96. The summed E-state index contributed by atoms with van der Waals surface area (Å²) in [6.45, 7) is 2.58. The molecule has 30 heavy (non-hydrogen) atoms. The van der Waals surface area contributed by atoms with Gasteiger partial charge in [-0.15, -0.1) is 0 Å². The van der Waals surface area contributed by atoms with E-state index in [2.05, 4.69) is 0 Å². The quantitative estimate of drug-likeness (QED) is 0.463. The van der Waals surface area contributed by atoms with E-state index in [1.807, 2.05) is 6.92 Å². The van der Waals surface area contributed by atoms with Gasteiger partial charge in [-0.3, -0.25) is 19.3 Å². The lowest BCUT2D eigenvalue weighted by atomic mass is 10.0. The topological polar surface area (TPSA) is 66.9 Å². The standard InChI is InChI=1S/C22H22Cl2N2O4/c1-13(16-8-6-15(23)12-19(16)24)25(2)20(27)14-5-7-17-18(11-14)22(29)26(21(17)28)9-4-10-30-3/h5-8,11-13H,4,9-10H2,1-3H3. The van der Waals surface area contributed by atoms with Crippen molar-refractivity contribution >= 4 is 40.9 Å². The van der Waals surface area contributed by atoms with Crippen LogP contribution in [0.25, 0.3) is 0 Å². The van der Waals surface area contributed by atoms with E-state index in [0.717, 1.165) is 5.56 Å². The van der Waals surface area contributed by atoms with Crippen LogP contribution in [0.3, 0.4) is 0 Å². The van der Waals surface area contributed by atoms with E-state index < -0.39 is 5.91 Å². The predicted octanol–water partition coefficient (Wildman–Crippen LogP) is 4.46. The number of fused-ring (bicyclic) bond motifs is 1. The van der Waals surface area contributed by atoms with Crippen LogP contribution in [-0.2, 0) is 4.74 Å². The summed E-state index contributed by atoms with van der Waals surface area (Å²) >= 11 is 12.2. The summed E-state index contributed by atoms with van der Waals surface area (Å²) in [7, 11) is 3.23. The maximum absolute atomic E-state index is 13.0. The highest BCUT2D eigenvalue weighted by atomic mass is 35.5. The van der Waals surface area contributed by atoms with Gasteiger partial charge in [-0.1, -0.05) is 29.3 Å². The van der Waals surface area contributed by atoms with Gasteiger partial charge in [-0.2, -0.15) is 0 Å². The Hall–Kier alpha value is -2.41. The lowest BCUT2D eigenvalue weighted by Gasteiger charge is -2.26. The minimum absolute atomic E-state index is 0.244. The van der Waals surface area contributed by atoms with E-state index >= 15 is 0 Å². The van der Waals surface area contributed by atoms with Crippen LogP contribution in [0.4, 0.5) is 0 Å². The molecule has 2 aromatic rings. The molecule has 1 aliphatic rings. The van der Waals surface area contributed by atoms with Crippen LogP contribution in [0.2, 0.25) is 10.0 Å². The first-order chi connectivity index (χ1) is 14.3. The molecule has 1 aliphatic heterocycles. The van der Waals surface area contributed by atoms with Crippen molar-refractivity contribution in [3.63, 3.8) is 0 Å². The Kier molecular flexibility index (Phi) is 6.81. The summed E-state index contributed by atoms with van der Waals surface area (Å²) in [6, 6.07) is 9.40. The van der Waals surface area contributed by atoms with E-state index in [4.69, 9.17) is 27.9 Å². The van der Waals surface area contributed by atoms with Crippen LogP contribution >= 0.6 is 23.2 Å². The molecular formula is C22H22Cl2N2O4. The largest absolute Gasteiger partial charge is 0.385 e. The van der Waals surface area contributed by atoms with E-state index in [0.29, 0.717) is 34.2 Å². The molecule has 0 saturated heterocycles. The van der Waals surface area contributed by atoms with Crippen molar-refractivity contribution in [1.82, 2.24) is 9.80 Å². The first kappa shape index (κ1) is 22.3. The van der Waals surface area contributed by atoms with Gasteiger partial charge in [0.15, 0.2) is 0 Å². The lowest BCUT2D eigenvalue weighted by molar-refractivity contribution is 0.0638. The molecule has 0 fully saturated rings. The van der Waals surface area contributed by atoms with Gasteiger partial charge in [0.1, 0.15) is 0 Å². The number of rotatable bonds is 7. The second-order valence-corrected chi connectivity index (χ2v) is 7.97. The zero-order chi connectivity index (χ0) is 22.0. The second-order valence-electron chi connectivity index (χ2n) is 7.13. The van der Waals surface area contributed by atoms with Gasteiger partial charge >= 0.3 is 0 Å². The number of carbonyl (C=O) groups excluding carboxylic acids is 3. The summed E-state index contributed by atoms with van der Waals surface area (Å²) in [5, 5.41) is 0.984. The van der Waals surface area contributed by atoms with Gasteiger partial charge in [0.25, 0.3) is 17.7 Å². The van der Waals surface area contributed by atoms with Gasteiger partial charge in [0.2, 0.25) is 0 Å². The normalized spacial score (nSPS) is 14.1. The van der Waals surface area contributed by atoms with Crippen molar-refractivity contribution in [2.24, 2.45) is 0 Å². The summed E-state index contributed by atoms with van der Waals surface area (Å²) in [4.78, 5) is 41.0. The zero-order valence-corrected chi connectivity index (χ0v) is 18.5. The van der Waals surface area contributed by atoms with Crippen molar-refractivity contribution < 1.29 is 19.1 Å². The molecule has 1 atom stereocenters. The van der Waals surface area contributed by atoms with Crippen LogP contribution in [0.1, 0.15) is 56.0 Å². The predicted molar refractivity (Wildman–Crippen MR) is 115 cm³/mol. The summed E-state index contributed by atoms with van der Waals surface area (Å²) in [5.41, 5.74) is 1.64. The number of methoxy groups -OCH3 is 1. The highest BCUT2D eigenvalue weighted by molar-refractivity contribution is 6.35. The Labute approximate surface area is 185 Å². The molecule has 2 aromatic carbocycles. The zero-order valence-electron chi connectivity index (χ0n) is 16.9. The fourth-order valence-electron chi connectivity index (χ4n) is 3.42. The van der Waals surface area contributed by atoms with E-state index in [1.165, 1.54) is 21.9 Å². The van der Waals surface area contributed by atoms with Crippen LogP contribution in [0.15, 0.2) is 36.4 Å². The smallest absolute Gasteiger partial charge is 0.261 e. The summed E-state index contributed by atoms with van der Waals surface area (Å²) < 4.78 is 4.98. The molecule has 8 heteroatoms.